The van der Waals surface area contributed by atoms with E-state index in [-0.39, 0.29) is 11.8 Å². The third-order valence-electron chi connectivity index (χ3n) is 5.27. The van der Waals surface area contributed by atoms with Crippen LogP contribution in [0.15, 0.2) is 66.4 Å². The summed E-state index contributed by atoms with van der Waals surface area (Å²) in [5.74, 6) is -0.472. The van der Waals surface area contributed by atoms with Gasteiger partial charge in [0.05, 0.1) is 11.3 Å². The number of anilines is 1. The van der Waals surface area contributed by atoms with Gasteiger partial charge in [-0.3, -0.25) is 9.59 Å². The predicted molar refractivity (Wildman–Crippen MR) is 106 cm³/mol. The van der Waals surface area contributed by atoms with E-state index in [0.29, 0.717) is 17.0 Å². The van der Waals surface area contributed by atoms with Crippen molar-refractivity contribution in [3.8, 4) is 0 Å². The van der Waals surface area contributed by atoms with Gasteiger partial charge in [0.1, 0.15) is 5.70 Å². The van der Waals surface area contributed by atoms with Gasteiger partial charge in [0, 0.05) is 26.2 Å². The van der Waals surface area contributed by atoms with Crippen LogP contribution in [0.2, 0.25) is 0 Å². The van der Waals surface area contributed by atoms with E-state index in [1.807, 2.05) is 48.5 Å². The van der Waals surface area contributed by atoms with Crippen LogP contribution in [-0.2, 0) is 9.59 Å². The first-order valence-corrected chi connectivity index (χ1v) is 9.41. The number of likely N-dealkylation sites (N-methyl/N-ethyl adjacent to an activating group) is 1. The van der Waals surface area contributed by atoms with Gasteiger partial charge >= 0.3 is 0 Å². The lowest BCUT2D eigenvalue weighted by Gasteiger charge is -2.35. The Labute approximate surface area is 159 Å². The number of hydrogen-bond acceptors (Lipinski definition) is 4. The SMILES string of the molecule is CCN1CCN(C2=C(c3ccccc3)C(=O)N(c3ccccc3)C2=O)CC1. The normalized spacial score (nSPS) is 18.6. The molecular weight excluding hydrogens is 338 g/mol. The van der Waals surface area contributed by atoms with Crippen molar-refractivity contribution < 1.29 is 9.59 Å². The fraction of sp³-hybridized carbons (Fsp3) is 0.273. The molecule has 2 aliphatic rings. The van der Waals surface area contributed by atoms with Crippen molar-refractivity contribution in [1.82, 2.24) is 9.80 Å². The number of carbonyl (C=O) groups is 2. The summed E-state index contributed by atoms with van der Waals surface area (Å²) in [6.45, 7) is 6.44. The number of carbonyl (C=O) groups excluding carboxylic acids is 2. The molecule has 2 aromatic carbocycles. The molecule has 2 amide bonds. The fourth-order valence-electron chi connectivity index (χ4n) is 3.78. The molecule has 4 rings (SSSR count). The van der Waals surface area contributed by atoms with Crippen LogP contribution in [0.4, 0.5) is 5.69 Å². The van der Waals surface area contributed by atoms with E-state index in [9.17, 15) is 9.59 Å². The van der Waals surface area contributed by atoms with Gasteiger partial charge < -0.3 is 9.80 Å². The van der Waals surface area contributed by atoms with E-state index in [0.717, 1.165) is 38.3 Å². The van der Waals surface area contributed by atoms with Gasteiger partial charge in [0.2, 0.25) is 0 Å². The van der Waals surface area contributed by atoms with Crippen molar-refractivity contribution in [3.05, 3.63) is 71.9 Å². The van der Waals surface area contributed by atoms with Crippen molar-refractivity contribution in [2.45, 2.75) is 6.92 Å². The molecule has 138 valence electrons. The second-order valence-corrected chi connectivity index (χ2v) is 6.79. The average Bonchev–Trinajstić information content (AvgIpc) is 2.99. The third-order valence-corrected chi connectivity index (χ3v) is 5.27. The molecule has 2 aromatic rings. The minimum absolute atomic E-state index is 0.227. The number of piperazine rings is 1. The summed E-state index contributed by atoms with van der Waals surface area (Å²) >= 11 is 0. The molecule has 5 nitrogen and oxygen atoms in total. The number of nitrogens with zero attached hydrogens (tertiary/aromatic N) is 3. The van der Waals surface area contributed by atoms with Crippen LogP contribution in [-0.4, -0.2) is 54.3 Å². The molecule has 0 unspecified atom stereocenters. The minimum Gasteiger partial charge on any atom is -0.364 e. The minimum atomic E-state index is -0.245. The van der Waals surface area contributed by atoms with E-state index >= 15 is 0 Å². The highest BCUT2D eigenvalue weighted by Crippen LogP contribution is 2.34. The van der Waals surface area contributed by atoms with E-state index in [1.165, 1.54) is 4.90 Å². The smallest absolute Gasteiger partial charge is 0.282 e. The zero-order valence-corrected chi connectivity index (χ0v) is 15.5. The lowest BCUT2D eigenvalue weighted by Crippen LogP contribution is -2.47. The molecule has 0 N–H and O–H groups in total. The Morgan fingerprint density at radius 3 is 1.96 bits per heavy atom. The second-order valence-electron chi connectivity index (χ2n) is 6.79. The second kappa shape index (κ2) is 7.37. The van der Waals surface area contributed by atoms with Crippen LogP contribution in [0.3, 0.4) is 0 Å². The highest BCUT2D eigenvalue weighted by atomic mass is 16.2. The quantitative estimate of drug-likeness (QED) is 0.786. The maximum atomic E-state index is 13.3. The average molecular weight is 361 g/mol. The standard InChI is InChI=1S/C22H23N3O2/c1-2-23-13-15-24(16-14-23)20-19(17-9-5-3-6-10-17)21(26)25(22(20)27)18-11-7-4-8-12-18/h3-12H,2,13-16H2,1H3. The van der Waals surface area contributed by atoms with Gasteiger partial charge in [-0.15, -0.1) is 0 Å². The Morgan fingerprint density at radius 1 is 0.778 bits per heavy atom. The lowest BCUT2D eigenvalue weighted by molar-refractivity contribution is -0.120. The summed E-state index contributed by atoms with van der Waals surface area (Å²) in [5, 5.41) is 0. The molecule has 0 bridgehead atoms. The highest BCUT2D eigenvalue weighted by Gasteiger charge is 2.42. The van der Waals surface area contributed by atoms with Crippen molar-refractivity contribution in [3.63, 3.8) is 0 Å². The molecule has 0 spiro atoms. The van der Waals surface area contributed by atoms with Crippen molar-refractivity contribution in [1.29, 1.82) is 0 Å². The summed E-state index contributed by atoms with van der Waals surface area (Å²) in [7, 11) is 0. The molecular formula is C22H23N3O2. The molecule has 0 saturated carbocycles. The third kappa shape index (κ3) is 3.15. The molecule has 0 atom stereocenters. The van der Waals surface area contributed by atoms with Crippen LogP contribution in [0.5, 0.6) is 0 Å². The number of amides is 2. The zero-order chi connectivity index (χ0) is 18.8. The van der Waals surface area contributed by atoms with E-state index in [4.69, 9.17) is 0 Å². The Morgan fingerprint density at radius 2 is 1.37 bits per heavy atom. The topological polar surface area (TPSA) is 43.9 Å². The molecule has 2 heterocycles. The fourth-order valence-corrected chi connectivity index (χ4v) is 3.78. The largest absolute Gasteiger partial charge is 0.364 e. The number of rotatable bonds is 4. The van der Waals surface area contributed by atoms with Crippen LogP contribution >= 0.6 is 0 Å². The molecule has 5 heteroatoms. The van der Waals surface area contributed by atoms with E-state index < -0.39 is 0 Å². The Balaban J connectivity index is 1.76. The summed E-state index contributed by atoms with van der Waals surface area (Å²) in [6, 6.07) is 18.7. The highest BCUT2D eigenvalue weighted by molar-refractivity contribution is 6.45. The molecule has 1 fully saturated rings. The van der Waals surface area contributed by atoms with Crippen molar-refractivity contribution >= 4 is 23.1 Å². The van der Waals surface area contributed by atoms with Crippen LogP contribution in [0, 0.1) is 0 Å². The van der Waals surface area contributed by atoms with Gasteiger partial charge in [-0.05, 0) is 24.2 Å². The maximum absolute atomic E-state index is 13.3. The van der Waals surface area contributed by atoms with Gasteiger partial charge in [-0.1, -0.05) is 55.5 Å². The molecule has 0 radical (unpaired) electrons. The Kier molecular flexibility index (Phi) is 4.77. The first-order valence-electron chi connectivity index (χ1n) is 9.41. The summed E-state index contributed by atoms with van der Waals surface area (Å²) < 4.78 is 0. The number of imide groups is 1. The Bertz CT molecular complexity index is 869. The van der Waals surface area contributed by atoms with E-state index in [2.05, 4.69) is 16.7 Å². The molecule has 27 heavy (non-hydrogen) atoms. The monoisotopic (exact) mass is 361 g/mol. The summed E-state index contributed by atoms with van der Waals surface area (Å²) in [5.41, 5.74) is 2.45. The maximum Gasteiger partial charge on any atom is 0.282 e. The van der Waals surface area contributed by atoms with Crippen LogP contribution in [0.1, 0.15) is 12.5 Å². The first kappa shape index (κ1) is 17.5. The Hall–Kier alpha value is -2.92. The molecule has 2 aliphatic heterocycles. The molecule has 1 saturated heterocycles. The van der Waals surface area contributed by atoms with Gasteiger partial charge in [0.25, 0.3) is 11.8 Å². The summed E-state index contributed by atoms with van der Waals surface area (Å²) in [6.07, 6.45) is 0. The number of hydrogen-bond donors (Lipinski definition) is 0. The van der Waals surface area contributed by atoms with Gasteiger partial charge in [-0.25, -0.2) is 4.90 Å². The predicted octanol–water partition coefficient (Wildman–Crippen LogP) is 2.61. The van der Waals surface area contributed by atoms with Crippen LogP contribution in [0.25, 0.3) is 5.57 Å². The van der Waals surface area contributed by atoms with Crippen LogP contribution < -0.4 is 4.90 Å². The molecule has 0 aromatic heterocycles. The summed E-state index contributed by atoms with van der Waals surface area (Å²) in [4.78, 5) is 32.4. The van der Waals surface area contributed by atoms with E-state index in [1.54, 1.807) is 12.1 Å². The van der Waals surface area contributed by atoms with Crippen molar-refractivity contribution in [2.75, 3.05) is 37.6 Å². The zero-order valence-electron chi connectivity index (χ0n) is 15.5. The number of para-hydroxylation sites is 1. The number of benzene rings is 2. The lowest BCUT2D eigenvalue weighted by atomic mass is 10.0. The van der Waals surface area contributed by atoms with Gasteiger partial charge in [-0.2, -0.15) is 0 Å². The molecule has 0 aliphatic carbocycles. The van der Waals surface area contributed by atoms with Gasteiger partial charge in [0.15, 0.2) is 0 Å². The van der Waals surface area contributed by atoms with Crippen molar-refractivity contribution in [2.24, 2.45) is 0 Å². The first-order chi connectivity index (χ1) is 13.2.